The first-order chi connectivity index (χ1) is 6.07. The van der Waals surface area contributed by atoms with E-state index in [-0.39, 0.29) is 6.10 Å². The molecule has 0 fully saturated rings. The zero-order valence-corrected chi connectivity index (χ0v) is 9.21. The Morgan fingerprint density at radius 3 is 2.31 bits per heavy atom. The summed E-state index contributed by atoms with van der Waals surface area (Å²) >= 11 is 0. The van der Waals surface area contributed by atoms with Gasteiger partial charge in [-0.05, 0) is 19.8 Å². The topological polar surface area (TPSA) is 41.5 Å². The summed E-state index contributed by atoms with van der Waals surface area (Å²) in [6.45, 7) is 10.2. The molecule has 0 saturated carbocycles. The van der Waals surface area contributed by atoms with Gasteiger partial charge in [-0.25, -0.2) is 0 Å². The first-order valence-electron chi connectivity index (χ1n) is 5.07. The maximum Gasteiger partial charge on any atom is 0.0636 e. The van der Waals surface area contributed by atoms with Crippen molar-refractivity contribution in [3.05, 3.63) is 0 Å². The Kier molecular flexibility index (Phi) is 7.23. The summed E-state index contributed by atoms with van der Waals surface area (Å²) in [5.41, 5.74) is 0. The van der Waals surface area contributed by atoms with Crippen molar-refractivity contribution in [3.8, 4) is 0 Å². The molecule has 2 atom stereocenters. The number of aliphatic hydroxyl groups is 1. The van der Waals surface area contributed by atoms with E-state index in [1.54, 1.807) is 6.92 Å². The summed E-state index contributed by atoms with van der Waals surface area (Å²) in [5.74, 6) is 0.533. The van der Waals surface area contributed by atoms with Crippen LogP contribution in [-0.4, -0.2) is 37.0 Å². The van der Waals surface area contributed by atoms with Crippen LogP contribution < -0.4 is 5.32 Å². The van der Waals surface area contributed by atoms with Crippen LogP contribution in [0.3, 0.4) is 0 Å². The molecule has 80 valence electrons. The molecule has 0 spiro atoms. The number of hydrogen-bond donors (Lipinski definition) is 2. The molecule has 0 heterocycles. The predicted molar refractivity (Wildman–Crippen MR) is 54.8 cm³/mol. The number of hydrogen-bond acceptors (Lipinski definition) is 3. The van der Waals surface area contributed by atoms with Crippen LogP contribution in [0.1, 0.15) is 27.7 Å². The molecule has 0 aliphatic rings. The van der Waals surface area contributed by atoms with E-state index in [9.17, 15) is 0 Å². The van der Waals surface area contributed by atoms with Crippen molar-refractivity contribution in [1.82, 2.24) is 5.32 Å². The molecule has 13 heavy (non-hydrogen) atoms. The highest BCUT2D eigenvalue weighted by molar-refractivity contribution is 4.70. The first kappa shape index (κ1) is 12.9. The van der Waals surface area contributed by atoms with Gasteiger partial charge in [0.15, 0.2) is 0 Å². The minimum atomic E-state index is -0.289. The van der Waals surface area contributed by atoms with Crippen molar-refractivity contribution in [2.75, 3.05) is 19.8 Å². The number of nitrogens with one attached hydrogen (secondary N) is 1. The second-order valence-corrected chi connectivity index (χ2v) is 3.77. The lowest BCUT2D eigenvalue weighted by molar-refractivity contribution is 0.0995. The summed E-state index contributed by atoms with van der Waals surface area (Å²) < 4.78 is 5.35. The van der Waals surface area contributed by atoms with Crippen LogP contribution in [0.25, 0.3) is 0 Å². The van der Waals surface area contributed by atoms with Gasteiger partial charge < -0.3 is 15.2 Å². The van der Waals surface area contributed by atoms with Gasteiger partial charge in [-0.1, -0.05) is 13.8 Å². The Morgan fingerprint density at radius 2 is 1.92 bits per heavy atom. The number of aliphatic hydroxyl groups excluding tert-OH is 1. The summed E-state index contributed by atoms with van der Waals surface area (Å²) in [4.78, 5) is 0. The minimum absolute atomic E-state index is 0.289. The van der Waals surface area contributed by atoms with E-state index in [1.165, 1.54) is 0 Å². The third-order valence-corrected chi connectivity index (χ3v) is 1.98. The number of ether oxygens (including phenoxy) is 1. The van der Waals surface area contributed by atoms with Crippen LogP contribution in [0.15, 0.2) is 0 Å². The molecule has 0 aromatic heterocycles. The quantitative estimate of drug-likeness (QED) is 0.628. The van der Waals surface area contributed by atoms with E-state index >= 15 is 0 Å². The smallest absolute Gasteiger partial charge is 0.0636 e. The molecule has 0 rings (SSSR count). The van der Waals surface area contributed by atoms with Gasteiger partial charge in [0.25, 0.3) is 0 Å². The highest BCUT2D eigenvalue weighted by Crippen LogP contribution is 2.02. The normalized spacial score (nSPS) is 16.2. The lowest BCUT2D eigenvalue weighted by Gasteiger charge is -2.22. The standard InChI is InChI=1S/C10H23NO2/c1-5-13-7-10(8(2)3)11-6-9(4)12/h8-12H,5-7H2,1-4H3/t9-,10?/m1/s1. The number of rotatable bonds is 7. The second-order valence-electron chi connectivity index (χ2n) is 3.77. The highest BCUT2D eigenvalue weighted by atomic mass is 16.5. The van der Waals surface area contributed by atoms with Gasteiger partial charge in [0.2, 0.25) is 0 Å². The van der Waals surface area contributed by atoms with Crippen molar-refractivity contribution < 1.29 is 9.84 Å². The second kappa shape index (κ2) is 7.30. The lowest BCUT2D eigenvalue weighted by Crippen LogP contribution is -2.41. The Morgan fingerprint density at radius 1 is 1.31 bits per heavy atom. The molecule has 0 aliphatic carbocycles. The molecule has 1 unspecified atom stereocenters. The van der Waals surface area contributed by atoms with Crippen LogP contribution >= 0.6 is 0 Å². The van der Waals surface area contributed by atoms with Gasteiger partial charge in [0.1, 0.15) is 0 Å². The van der Waals surface area contributed by atoms with Crippen LogP contribution in [0, 0.1) is 5.92 Å². The van der Waals surface area contributed by atoms with E-state index in [1.807, 2.05) is 6.92 Å². The van der Waals surface area contributed by atoms with Crippen LogP contribution in [0.5, 0.6) is 0 Å². The van der Waals surface area contributed by atoms with E-state index in [2.05, 4.69) is 19.2 Å². The minimum Gasteiger partial charge on any atom is -0.392 e. The van der Waals surface area contributed by atoms with Crippen molar-refractivity contribution in [2.45, 2.75) is 39.8 Å². The summed E-state index contributed by atoms with van der Waals surface area (Å²) in [7, 11) is 0. The van der Waals surface area contributed by atoms with Crippen molar-refractivity contribution in [2.24, 2.45) is 5.92 Å². The molecular weight excluding hydrogens is 166 g/mol. The van der Waals surface area contributed by atoms with E-state index in [0.29, 0.717) is 18.5 Å². The Labute approximate surface area is 81.5 Å². The maximum absolute atomic E-state index is 9.11. The van der Waals surface area contributed by atoms with Gasteiger partial charge in [0.05, 0.1) is 12.7 Å². The maximum atomic E-state index is 9.11. The monoisotopic (exact) mass is 189 g/mol. The molecule has 0 radical (unpaired) electrons. The van der Waals surface area contributed by atoms with Crippen molar-refractivity contribution in [1.29, 1.82) is 0 Å². The molecular formula is C10H23NO2. The largest absolute Gasteiger partial charge is 0.392 e. The molecule has 0 saturated heterocycles. The van der Waals surface area contributed by atoms with Gasteiger partial charge in [0, 0.05) is 19.2 Å². The Balaban J connectivity index is 3.67. The fraction of sp³-hybridized carbons (Fsp3) is 1.00. The fourth-order valence-electron chi connectivity index (χ4n) is 1.05. The summed E-state index contributed by atoms with van der Waals surface area (Å²) in [5, 5.41) is 12.4. The van der Waals surface area contributed by atoms with Crippen LogP contribution in [0.4, 0.5) is 0 Å². The zero-order chi connectivity index (χ0) is 10.3. The zero-order valence-electron chi connectivity index (χ0n) is 9.21. The average Bonchev–Trinajstić information content (AvgIpc) is 2.03. The third kappa shape index (κ3) is 6.99. The molecule has 0 aromatic carbocycles. The van der Waals surface area contributed by atoms with Gasteiger partial charge in [-0.3, -0.25) is 0 Å². The molecule has 3 heteroatoms. The Hall–Kier alpha value is -0.120. The summed E-state index contributed by atoms with van der Waals surface area (Å²) in [6.07, 6.45) is -0.289. The van der Waals surface area contributed by atoms with E-state index < -0.39 is 0 Å². The molecule has 3 nitrogen and oxygen atoms in total. The van der Waals surface area contributed by atoms with Crippen LogP contribution in [0.2, 0.25) is 0 Å². The van der Waals surface area contributed by atoms with Gasteiger partial charge in [-0.2, -0.15) is 0 Å². The van der Waals surface area contributed by atoms with Crippen molar-refractivity contribution >= 4 is 0 Å². The van der Waals surface area contributed by atoms with Gasteiger partial charge in [-0.15, -0.1) is 0 Å². The fourth-order valence-corrected chi connectivity index (χ4v) is 1.05. The third-order valence-electron chi connectivity index (χ3n) is 1.98. The highest BCUT2D eigenvalue weighted by Gasteiger charge is 2.12. The molecule has 0 amide bonds. The van der Waals surface area contributed by atoms with Crippen molar-refractivity contribution in [3.63, 3.8) is 0 Å². The van der Waals surface area contributed by atoms with Crippen LogP contribution in [-0.2, 0) is 4.74 Å². The average molecular weight is 189 g/mol. The lowest BCUT2D eigenvalue weighted by atomic mass is 10.1. The molecule has 2 N–H and O–H groups in total. The SMILES string of the molecule is CCOCC(NC[C@@H](C)O)C(C)C. The van der Waals surface area contributed by atoms with E-state index in [4.69, 9.17) is 9.84 Å². The molecule has 0 aromatic rings. The first-order valence-corrected chi connectivity index (χ1v) is 5.07. The van der Waals surface area contributed by atoms with E-state index in [0.717, 1.165) is 13.2 Å². The molecule has 0 bridgehead atoms. The molecule has 0 aliphatic heterocycles. The predicted octanol–water partition coefficient (Wildman–Crippen LogP) is 1.02. The van der Waals surface area contributed by atoms with Gasteiger partial charge >= 0.3 is 0 Å². The summed E-state index contributed by atoms with van der Waals surface area (Å²) in [6, 6.07) is 0.342. The Bertz CT molecular complexity index is 115.